The maximum absolute atomic E-state index is 12.4. The molecule has 0 saturated heterocycles. The zero-order valence-electron chi connectivity index (χ0n) is 17.2. The number of rotatable bonds is 9. The van der Waals surface area contributed by atoms with Crippen molar-refractivity contribution in [1.29, 1.82) is 0 Å². The summed E-state index contributed by atoms with van der Waals surface area (Å²) in [5, 5.41) is 5.86. The Hall–Kier alpha value is -3.58. The standard InChI is InChI=1S/C24H24N2O4S/c1-2-28-21-12-6-8-18(16-21)23(27)26-24(31)25-19-9-7-13-22(17-19)30-15-14-29-20-10-4-3-5-11-20/h3-13,16-17H,2,14-15H2,1H3,(H2,25,26,27,31). The number of carbonyl (C=O) groups excluding carboxylic acids is 1. The molecule has 0 saturated carbocycles. The summed E-state index contributed by atoms with van der Waals surface area (Å²) in [4.78, 5) is 12.4. The summed E-state index contributed by atoms with van der Waals surface area (Å²) in [5.74, 6) is 1.79. The molecule has 0 aromatic heterocycles. The van der Waals surface area contributed by atoms with E-state index in [-0.39, 0.29) is 11.0 Å². The van der Waals surface area contributed by atoms with Gasteiger partial charge in [0, 0.05) is 17.3 Å². The largest absolute Gasteiger partial charge is 0.494 e. The normalized spacial score (nSPS) is 10.1. The second-order valence-corrected chi connectivity index (χ2v) is 6.82. The lowest BCUT2D eigenvalue weighted by molar-refractivity contribution is 0.0977. The molecule has 3 aromatic carbocycles. The van der Waals surface area contributed by atoms with Gasteiger partial charge < -0.3 is 19.5 Å². The van der Waals surface area contributed by atoms with Crippen LogP contribution < -0.4 is 24.8 Å². The number of ether oxygens (including phenoxy) is 3. The lowest BCUT2D eigenvalue weighted by Crippen LogP contribution is -2.34. The van der Waals surface area contributed by atoms with Crippen LogP contribution in [0.2, 0.25) is 0 Å². The van der Waals surface area contributed by atoms with Crippen LogP contribution in [0.4, 0.5) is 5.69 Å². The molecule has 0 aliphatic heterocycles. The van der Waals surface area contributed by atoms with Crippen LogP contribution in [0.3, 0.4) is 0 Å². The van der Waals surface area contributed by atoms with Gasteiger partial charge in [-0.3, -0.25) is 10.1 Å². The minimum atomic E-state index is -0.315. The zero-order valence-corrected chi connectivity index (χ0v) is 18.0. The van der Waals surface area contributed by atoms with Gasteiger partial charge >= 0.3 is 0 Å². The molecule has 0 unspecified atom stereocenters. The van der Waals surface area contributed by atoms with E-state index in [1.54, 1.807) is 30.3 Å². The van der Waals surface area contributed by atoms with E-state index >= 15 is 0 Å². The Morgan fingerprint density at radius 2 is 1.45 bits per heavy atom. The Bertz CT molecular complexity index is 1010. The molecule has 3 aromatic rings. The highest BCUT2D eigenvalue weighted by atomic mass is 32.1. The van der Waals surface area contributed by atoms with Gasteiger partial charge in [-0.15, -0.1) is 0 Å². The van der Waals surface area contributed by atoms with Crippen molar-refractivity contribution in [2.45, 2.75) is 6.92 Å². The summed E-state index contributed by atoms with van der Waals surface area (Å²) < 4.78 is 16.8. The van der Waals surface area contributed by atoms with Crippen LogP contribution in [0.15, 0.2) is 78.9 Å². The van der Waals surface area contributed by atoms with Gasteiger partial charge in [-0.2, -0.15) is 0 Å². The third-order valence-electron chi connectivity index (χ3n) is 4.09. The highest BCUT2D eigenvalue weighted by Gasteiger charge is 2.09. The van der Waals surface area contributed by atoms with Gasteiger partial charge in [-0.1, -0.05) is 30.3 Å². The van der Waals surface area contributed by atoms with E-state index in [4.69, 9.17) is 26.4 Å². The van der Waals surface area contributed by atoms with Crippen LogP contribution in [0.1, 0.15) is 17.3 Å². The molecule has 160 valence electrons. The molecular weight excluding hydrogens is 412 g/mol. The summed E-state index contributed by atoms with van der Waals surface area (Å²) in [6.45, 7) is 3.24. The molecule has 7 heteroatoms. The molecule has 3 rings (SSSR count). The molecule has 0 heterocycles. The maximum Gasteiger partial charge on any atom is 0.257 e. The molecule has 0 fully saturated rings. The SMILES string of the molecule is CCOc1cccc(C(=O)NC(=S)Nc2cccc(OCCOc3ccccc3)c2)c1. The highest BCUT2D eigenvalue weighted by molar-refractivity contribution is 7.80. The summed E-state index contributed by atoms with van der Waals surface area (Å²) in [5.41, 5.74) is 1.17. The fraction of sp³-hybridized carbons (Fsp3) is 0.167. The Morgan fingerprint density at radius 3 is 2.19 bits per heavy atom. The van der Waals surface area contributed by atoms with Crippen molar-refractivity contribution < 1.29 is 19.0 Å². The molecular formula is C24H24N2O4S. The molecule has 6 nitrogen and oxygen atoms in total. The number of carbonyl (C=O) groups is 1. The Labute approximate surface area is 187 Å². The number of amides is 1. The van der Waals surface area contributed by atoms with Gasteiger partial charge in [0.2, 0.25) is 0 Å². The van der Waals surface area contributed by atoms with Crippen LogP contribution in [0, 0.1) is 0 Å². The lowest BCUT2D eigenvalue weighted by Gasteiger charge is -2.12. The molecule has 1 amide bonds. The minimum Gasteiger partial charge on any atom is -0.494 e. The molecule has 0 radical (unpaired) electrons. The smallest absolute Gasteiger partial charge is 0.257 e. The van der Waals surface area contributed by atoms with E-state index in [2.05, 4.69) is 10.6 Å². The van der Waals surface area contributed by atoms with Crippen molar-refractivity contribution in [3.05, 3.63) is 84.4 Å². The first-order valence-corrected chi connectivity index (χ1v) is 10.3. The van der Waals surface area contributed by atoms with Crippen molar-refractivity contribution in [3.63, 3.8) is 0 Å². The number of nitrogens with one attached hydrogen (secondary N) is 2. The van der Waals surface area contributed by atoms with Gasteiger partial charge in [-0.05, 0) is 61.6 Å². The van der Waals surface area contributed by atoms with Crippen LogP contribution in [-0.4, -0.2) is 30.8 Å². The van der Waals surface area contributed by atoms with Gasteiger partial charge in [0.15, 0.2) is 5.11 Å². The monoisotopic (exact) mass is 436 g/mol. The van der Waals surface area contributed by atoms with Crippen LogP contribution in [-0.2, 0) is 0 Å². The van der Waals surface area contributed by atoms with Crippen molar-refractivity contribution in [3.8, 4) is 17.2 Å². The van der Waals surface area contributed by atoms with Crippen molar-refractivity contribution in [1.82, 2.24) is 5.32 Å². The average Bonchev–Trinajstić information content (AvgIpc) is 2.78. The predicted molar refractivity (Wildman–Crippen MR) is 125 cm³/mol. The molecule has 0 spiro atoms. The lowest BCUT2D eigenvalue weighted by atomic mass is 10.2. The highest BCUT2D eigenvalue weighted by Crippen LogP contribution is 2.18. The summed E-state index contributed by atoms with van der Waals surface area (Å²) >= 11 is 5.26. The Morgan fingerprint density at radius 1 is 0.806 bits per heavy atom. The first-order chi connectivity index (χ1) is 15.1. The van der Waals surface area contributed by atoms with Gasteiger partial charge in [0.05, 0.1) is 6.61 Å². The number of benzene rings is 3. The average molecular weight is 437 g/mol. The third kappa shape index (κ3) is 7.31. The van der Waals surface area contributed by atoms with Gasteiger partial charge in [-0.25, -0.2) is 0 Å². The number of anilines is 1. The molecule has 2 N–H and O–H groups in total. The fourth-order valence-electron chi connectivity index (χ4n) is 2.73. The summed E-state index contributed by atoms with van der Waals surface area (Å²) in [6, 6.07) is 23.8. The second-order valence-electron chi connectivity index (χ2n) is 6.41. The number of hydrogen-bond acceptors (Lipinski definition) is 5. The topological polar surface area (TPSA) is 68.8 Å². The van der Waals surface area contributed by atoms with Gasteiger partial charge in [0.25, 0.3) is 5.91 Å². The molecule has 0 atom stereocenters. The van der Waals surface area contributed by atoms with E-state index in [0.29, 0.717) is 42.6 Å². The molecule has 0 bridgehead atoms. The Kier molecular flexibility index (Phi) is 8.25. The number of thiocarbonyl (C=S) groups is 1. The number of hydrogen-bond donors (Lipinski definition) is 2. The summed E-state index contributed by atoms with van der Waals surface area (Å²) in [7, 11) is 0. The maximum atomic E-state index is 12.4. The quantitative estimate of drug-likeness (QED) is 0.375. The fourth-order valence-corrected chi connectivity index (χ4v) is 2.94. The molecule has 0 aliphatic rings. The minimum absolute atomic E-state index is 0.191. The Balaban J connectivity index is 1.47. The summed E-state index contributed by atoms with van der Waals surface area (Å²) in [6.07, 6.45) is 0. The first kappa shape index (κ1) is 22.1. The van der Waals surface area contributed by atoms with E-state index in [9.17, 15) is 4.79 Å². The second kappa shape index (κ2) is 11.6. The van der Waals surface area contributed by atoms with Crippen molar-refractivity contribution in [2.24, 2.45) is 0 Å². The third-order valence-corrected chi connectivity index (χ3v) is 4.29. The van der Waals surface area contributed by atoms with Gasteiger partial charge in [0.1, 0.15) is 30.5 Å². The van der Waals surface area contributed by atoms with Crippen LogP contribution in [0.5, 0.6) is 17.2 Å². The van der Waals surface area contributed by atoms with Crippen molar-refractivity contribution in [2.75, 3.05) is 25.1 Å². The van der Waals surface area contributed by atoms with E-state index in [1.165, 1.54) is 0 Å². The number of para-hydroxylation sites is 1. The van der Waals surface area contributed by atoms with Crippen LogP contribution >= 0.6 is 12.2 Å². The zero-order chi connectivity index (χ0) is 21.9. The first-order valence-electron chi connectivity index (χ1n) is 9.90. The van der Waals surface area contributed by atoms with E-state index < -0.39 is 0 Å². The van der Waals surface area contributed by atoms with Crippen LogP contribution in [0.25, 0.3) is 0 Å². The van der Waals surface area contributed by atoms with E-state index in [0.717, 1.165) is 5.75 Å². The molecule has 0 aliphatic carbocycles. The van der Waals surface area contributed by atoms with Crippen molar-refractivity contribution >= 4 is 28.9 Å². The van der Waals surface area contributed by atoms with E-state index in [1.807, 2.05) is 55.5 Å². The molecule has 31 heavy (non-hydrogen) atoms. The predicted octanol–water partition coefficient (Wildman–Crippen LogP) is 4.67.